The number of unbranched alkanes of at least 4 members (excludes halogenated alkanes) is 43. The summed E-state index contributed by atoms with van der Waals surface area (Å²) in [6.07, 6.45) is 92.1. The Morgan fingerprint density at radius 1 is 0.256 bits per heavy atom. The van der Waals surface area contributed by atoms with E-state index in [1.54, 1.807) is 0 Å². The molecule has 0 aromatic rings. The second-order valence-electron chi connectivity index (χ2n) is 24.1. The molecule has 1 atom stereocenters. The van der Waals surface area contributed by atoms with Gasteiger partial charge in [0.2, 0.25) is 0 Å². The third kappa shape index (κ3) is 67.6. The molecule has 0 N–H and O–H groups in total. The second kappa shape index (κ2) is 70.3. The Bertz CT molecular complexity index is 1500. The summed E-state index contributed by atoms with van der Waals surface area (Å²) in [6.45, 7) is 6.57. The maximum atomic E-state index is 13.0. The molecule has 82 heavy (non-hydrogen) atoms. The normalized spacial score (nSPS) is 12.5. The second-order valence-corrected chi connectivity index (χ2v) is 24.1. The van der Waals surface area contributed by atoms with Gasteiger partial charge in [-0.15, -0.1) is 0 Å². The number of hydrogen-bond donors (Lipinski definition) is 0. The van der Waals surface area contributed by atoms with E-state index in [0.29, 0.717) is 19.3 Å². The number of ether oxygens (including phenoxy) is 3. The fourth-order valence-corrected chi connectivity index (χ4v) is 10.6. The molecule has 0 aliphatic rings. The SMILES string of the molecule is CC/C=C\C/C=C\C/C=C\C/C=C\CCCCCCCCC(=O)OCC(COC(=O)CCCCCCCCCCCCCCC/C=C\C/C=C\CCCCCCC)OC(=O)CCCCCCCCCCCCCCCCCCCCCC. The van der Waals surface area contributed by atoms with Gasteiger partial charge in [-0.05, 0) is 89.9 Å². The fourth-order valence-electron chi connectivity index (χ4n) is 10.6. The van der Waals surface area contributed by atoms with Crippen molar-refractivity contribution in [2.24, 2.45) is 0 Å². The lowest BCUT2D eigenvalue weighted by atomic mass is 10.0. The highest BCUT2D eigenvalue weighted by molar-refractivity contribution is 5.71. The highest BCUT2D eigenvalue weighted by atomic mass is 16.6. The lowest BCUT2D eigenvalue weighted by Crippen LogP contribution is -2.30. The van der Waals surface area contributed by atoms with Crippen molar-refractivity contribution in [1.82, 2.24) is 0 Å². The van der Waals surface area contributed by atoms with Crippen LogP contribution in [0.15, 0.2) is 72.9 Å². The van der Waals surface area contributed by atoms with Crippen LogP contribution in [0.1, 0.15) is 374 Å². The molecule has 0 fully saturated rings. The van der Waals surface area contributed by atoms with Gasteiger partial charge in [0.1, 0.15) is 13.2 Å². The van der Waals surface area contributed by atoms with Gasteiger partial charge in [-0.3, -0.25) is 14.4 Å². The smallest absolute Gasteiger partial charge is 0.306 e. The van der Waals surface area contributed by atoms with Gasteiger partial charge in [-0.25, -0.2) is 0 Å². The molecule has 0 radical (unpaired) electrons. The van der Waals surface area contributed by atoms with Crippen molar-refractivity contribution in [2.45, 2.75) is 380 Å². The first-order valence-corrected chi connectivity index (χ1v) is 35.9. The van der Waals surface area contributed by atoms with E-state index in [2.05, 4.69) is 93.7 Å². The molecule has 0 spiro atoms. The zero-order valence-electron chi connectivity index (χ0n) is 54.8. The van der Waals surface area contributed by atoms with Gasteiger partial charge in [-0.1, -0.05) is 338 Å². The minimum atomic E-state index is -0.782. The standard InChI is InChI=1S/C76H136O6/c1-4-7-10-13-16-19-22-25-28-31-34-36-37-38-39-40-43-45-48-51-54-57-60-63-66-69-75(78)81-72-73(71-80-74(77)68-65-62-59-56-53-50-47-44-41-33-30-27-24-21-18-15-12-9-6-3)82-76(79)70-67-64-61-58-55-52-49-46-42-35-32-29-26-23-20-17-14-11-8-5-2/h9,12,18,21-22,25,27,30-31,34,41,44,73H,4-8,10-11,13-17,19-20,23-24,26,28-29,32-33,35-40,42-43,45-72H2,1-3H3/b12-9-,21-18-,25-22-,30-27-,34-31-,44-41-. The molecular formula is C76H136O6. The summed E-state index contributed by atoms with van der Waals surface area (Å²) in [5.41, 5.74) is 0. The molecule has 0 aromatic heterocycles. The zero-order chi connectivity index (χ0) is 59.2. The predicted molar refractivity (Wildman–Crippen MR) is 358 cm³/mol. The van der Waals surface area contributed by atoms with Crippen molar-refractivity contribution in [3.63, 3.8) is 0 Å². The molecule has 0 bridgehead atoms. The van der Waals surface area contributed by atoms with Gasteiger partial charge >= 0.3 is 17.9 Å². The van der Waals surface area contributed by atoms with Gasteiger partial charge in [0.05, 0.1) is 0 Å². The molecule has 0 saturated carbocycles. The Morgan fingerprint density at radius 3 is 0.744 bits per heavy atom. The summed E-state index contributed by atoms with van der Waals surface area (Å²) >= 11 is 0. The van der Waals surface area contributed by atoms with E-state index >= 15 is 0 Å². The van der Waals surface area contributed by atoms with Crippen LogP contribution in [-0.2, 0) is 28.6 Å². The summed E-state index contributed by atoms with van der Waals surface area (Å²) in [6, 6.07) is 0. The summed E-state index contributed by atoms with van der Waals surface area (Å²) < 4.78 is 17.0. The number of allylic oxidation sites excluding steroid dienone is 12. The Morgan fingerprint density at radius 2 is 0.476 bits per heavy atom. The van der Waals surface area contributed by atoms with Crippen molar-refractivity contribution in [1.29, 1.82) is 0 Å². The average Bonchev–Trinajstić information content (AvgIpc) is 3.47. The minimum absolute atomic E-state index is 0.0766. The van der Waals surface area contributed by atoms with Crippen LogP contribution in [0.2, 0.25) is 0 Å². The monoisotopic (exact) mass is 1150 g/mol. The van der Waals surface area contributed by atoms with Gasteiger partial charge in [0.25, 0.3) is 0 Å². The molecule has 0 heterocycles. The summed E-state index contributed by atoms with van der Waals surface area (Å²) in [4.78, 5) is 38.5. The van der Waals surface area contributed by atoms with Gasteiger partial charge in [-0.2, -0.15) is 0 Å². The summed E-state index contributed by atoms with van der Waals surface area (Å²) in [5, 5.41) is 0. The predicted octanol–water partition coefficient (Wildman–Crippen LogP) is 24.8. The molecule has 0 rings (SSSR count). The first-order valence-electron chi connectivity index (χ1n) is 35.9. The van der Waals surface area contributed by atoms with Crippen molar-refractivity contribution in [2.75, 3.05) is 13.2 Å². The third-order valence-electron chi connectivity index (χ3n) is 15.9. The molecule has 1 unspecified atom stereocenters. The van der Waals surface area contributed by atoms with E-state index in [0.717, 1.165) is 96.3 Å². The lowest BCUT2D eigenvalue weighted by molar-refractivity contribution is -0.167. The number of hydrogen-bond acceptors (Lipinski definition) is 6. The van der Waals surface area contributed by atoms with E-state index < -0.39 is 6.10 Å². The molecule has 6 heteroatoms. The van der Waals surface area contributed by atoms with E-state index in [1.165, 1.54) is 238 Å². The van der Waals surface area contributed by atoms with Crippen molar-refractivity contribution in [3.05, 3.63) is 72.9 Å². The molecule has 6 nitrogen and oxygen atoms in total. The number of rotatable bonds is 66. The maximum Gasteiger partial charge on any atom is 0.306 e. The molecular weight excluding hydrogens is 1010 g/mol. The van der Waals surface area contributed by atoms with Gasteiger partial charge in [0.15, 0.2) is 6.10 Å². The Hall–Kier alpha value is -3.15. The molecule has 0 aliphatic carbocycles. The fraction of sp³-hybridized carbons (Fsp3) is 0.803. The first-order chi connectivity index (χ1) is 40.5. The molecule has 0 amide bonds. The van der Waals surface area contributed by atoms with Gasteiger partial charge in [0, 0.05) is 19.3 Å². The minimum Gasteiger partial charge on any atom is -0.462 e. The van der Waals surface area contributed by atoms with E-state index in [1.807, 2.05) is 0 Å². The van der Waals surface area contributed by atoms with Crippen molar-refractivity contribution in [3.8, 4) is 0 Å². The van der Waals surface area contributed by atoms with Crippen LogP contribution in [0.3, 0.4) is 0 Å². The molecule has 0 aromatic carbocycles. The Balaban J connectivity index is 4.34. The average molecular weight is 1150 g/mol. The molecule has 0 saturated heterocycles. The van der Waals surface area contributed by atoms with Crippen molar-refractivity contribution < 1.29 is 28.6 Å². The molecule has 0 aliphatic heterocycles. The van der Waals surface area contributed by atoms with Crippen molar-refractivity contribution >= 4 is 17.9 Å². The van der Waals surface area contributed by atoms with Crippen LogP contribution < -0.4 is 0 Å². The number of esters is 3. The van der Waals surface area contributed by atoms with Crippen LogP contribution in [0.4, 0.5) is 0 Å². The zero-order valence-corrected chi connectivity index (χ0v) is 54.8. The van der Waals surface area contributed by atoms with Crippen LogP contribution >= 0.6 is 0 Å². The Kier molecular flexibility index (Phi) is 67.6. The highest BCUT2D eigenvalue weighted by Gasteiger charge is 2.19. The van der Waals surface area contributed by atoms with Crippen LogP contribution in [0.25, 0.3) is 0 Å². The molecule has 476 valence electrons. The van der Waals surface area contributed by atoms with Crippen LogP contribution in [0, 0.1) is 0 Å². The van der Waals surface area contributed by atoms with E-state index in [9.17, 15) is 14.4 Å². The lowest BCUT2D eigenvalue weighted by Gasteiger charge is -2.18. The third-order valence-corrected chi connectivity index (χ3v) is 15.9. The summed E-state index contributed by atoms with van der Waals surface area (Å²) in [7, 11) is 0. The topological polar surface area (TPSA) is 78.9 Å². The highest BCUT2D eigenvalue weighted by Crippen LogP contribution is 2.18. The number of carbonyl (C=O) groups is 3. The van der Waals surface area contributed by atoms with Crippen LogP contribution in [-0.4, -0.2) is 37.2 Å². The number of carbonyl (C=O) groups excluding carboxylic acids is 3. The largest absolute Gasteiger partial charge is 0.462 e. The van der Waals surface area contributed by atoms with E-state index in [4.69, 9.17) is 14.2 Å². The van der Waals surface area contributed by atoms with Crippen LogP contribution in [0.5, 0.6) is 0 Å². The maximum absolute atomic E-state index is 13.0. The quantitative estimate of drug-likeness (QED) is 0.0261. The first kappa shape index (κ1) is 78.8. The van der Waals surface area contributed by atoms with Gasteiger partial charge < -0.3 is 14.2 Å². The van der Waals surface area contributed by atoms with E-state index in [-0.39, 0.29) is 31.1 Å². The Labute approximate surface area is 510 Å². The summed E-state index contributed by atoms with van der Waals surface area (Å²) in [5.74, 6) is -0.867.